The fourth-order valence-corrected chi connectivity index (χ4v) is 3.48. The zero-order valence-corrected chi connectivity index (χ0v) is 16.2. The fraction of sp³-hybridized carbons (Fsp3) is 0.263. The van der Waals surface area contributed by atoms with Gasteiger partial charge in [-0.05, 0) is 38.1 Å². The van der Waals surface area contributed by atoms with Gasteiger partial charge in [0.05, 0.1) is 18.0 Å². The number of carbonyl (C=O) groups excluding carboxylic acids is 1. The number of para-hydroxylation sites is 2. The molecule has 0 radical (unpaired) electrons. The lowest BCUT2D eigenvalue weighted by Crippen LogP contribution is -2.23. The molecule has 1 amide bonds. The van der Waals surface area contributed by atoms with Gasteiger partial charge in [0.1, 0.15) is 5.75 Å². The van der Waals surface area contributed by atoms with Crippen molar-refractivity contribution in [3.63, 3.8) is 0 Å². The van der Waals surface area contributed by atoms with Gasteiger partial charge in [-0.25, -0.2) is 0 Å². The molecule has 3 aromatic rings. The van der Waals surface area contributed by atoms with Crippen molar-refractivity contribution in [3.8, 4) is 17.1 Å². The van der Waals surface area contributed by atoms with E-state index in [9.17, 15) is 4.79 Å². The Morgan fingerprint density at radius 1 is 1.22 bits per heavy atom. The van der Waals surface area contributed by atoms with Crippen molar-refractivity contribution >= 4 is 23.4 Å². The number of ether oxygens (including phenoxy) is 1. The molecule has 1 atom stereocenters. The molecule has 3 rings (SSSR count). The topological polar surface area (TPSA) is 81.9 Å². The van der Waals surface area contributed by atoms with Crippen LogP contribution in [0, 0.1) is 0 Å². The quantitative estimate of drug-likeness (QED) is 0.629. The van der Waals surface area contributed by atoms with Crippen LogP contribution in [-0.4, -0.2) is 38.0 Å². The first-order valence-electron chi connectivity index (χ1n) is 8.58. The van der Waals surface area contributed by atoms with Gasteiger partial charge >= 0.3 is 0 Å². The van der Waals surface area contributed by atoms with Gasteiger partial charge in [-0.1, -0.05) is 23.9 Å². The van der Waals surface area contributed by atoms with Gasteiger partial charge in [-0.15, -0.1) is 10.2 Å². The molecular formula is C19H21N5O2S. The van der Waals surface area contributed by atoms with Crippen LogP contribution in [0.25, 0.3) is 11.4 Å². The van der Waals surface area contributed by atoms with Crippen molar-refractivity contribution < 1.29 is 9.53 Å². The van der Waals surface area contributed by atoms with E-state index >= 15 is 0 Å². The molecule has 0 saturated carbocycles. The minimum Gasteiger partial charge on any atom is -0.495 e. The number of hydrogen-bond donors (Lipinski definition) is 1. The summed E-state index contributed by atoms with van der Waals surface area (Å²) in [7, 11) is 1.58. The minimum atomic E-state index is -0.352. The first-order valence-corrected chi connectivity index (χ1v) is 9.46. The van der Waals surface area contributed by atoms with E-state index in [4.69, 9.17) is 4.74 Å². The third-order valence-electron chi connectivity index (χ3n) is 3.99. The normalized spacial score (nSPS) is 11.8. The Bertz CT molecular complexity index is 913. The van der Waals surface area contributed by atoms with E-state index in [1.54, 1.807) is 19.5 Å². The molecule has 0 spiro atoms. The largest absolute Gasteiger partial charge is 0.495 e. The first-order chi connectivity index (χ1) is 13.1. The lowest BCUT2D eigenvalue weighted by molar-refractivity contribution is -0.115. The number of amides is 1. The molecule has 0 aliphatic rings. The maximum absolute atomic E-state index is 12.6. The van der Waals surface area contributed by atoms with Crippen LogP contribution in [-0.2, 0) is 11.3 Å². The van der Waals surface area contributed by atoms with Gasteiger partial charge in [-0.3, -0.25) is 9.78 Å². The van der Waals surface area contributed by atoms with Crippen molar-refractivity contribution in [1.29, 1.82) is 0 Å². The summed E-state index contributed by atoms with van der Waals surface area (Å²) in [5.41, 5.74) is 1.59. The van der Waals surface area contributed by atoms with Gasteiger partial charge < -0.3 is 14.6 Å². The number of benzene rings is 1. The number of hydrogen-bond acceptors (Lipinski definition) is 6. The van der Waals surface area contributed by atoms with Gasteiger partial charge in [0.25, 0.3) is 0 Å². The van der Waals surface area contributed by atoms with Gasteiger partial charge in [0.15, 0.2) is 11.0 Å². The van der Waals surface area contributed by atoms with Crippen LogP contribution < -0.4 is 10.1 Å². The summed E-state index contributed by atoms with van der Waals surface area (Å²) in [5.74, 6) is 1.26. The second-order valence-electron chi connectivity index (χ2n) is 5.74. The van der Waals surface area contributed by atoms with Crippen molar-refractivity contribution in [2.45, 2.75) is 30.8 Å². The molecule has 2 aromatic heterocycles. The molecule has 0 saturated heterocycles. The van der Waals surface area contributed by atoms with E-state index in [1.165, 1.54) is 11.8 Å². The summed E-state index contributed by atoms with van der Waals surface area (Å²) in [6, 6.07) is 11.1. The summed E-state index contributed by atoms with van der Waals surface area (Å²) >= 11 is 1.37. The van der Waals surface area contributed by atoms with E-state index in [0.717, 1.165) is 11.4 Å². The van der Waals surface area contributed by atoms with Crippen molar-refractivity contribution in [1.82, 2.24) is 19.7 Å². The van der Waals surface area contributed by atoms with Crippen LogP contribution in [0.5, 0.6) is 5.75 Å². The van der Waals surface area contributed by atoms with Gasteiger partial charge in [-0.2, -0.15) is 0 Å². The van der Waals surface area contributed by atoms with E-state index < -0.39 is 0 Å². The Morgan fingerprint density at radius 2 is 1.96 bits per heavy atom. The smallest absolute Gasteiger partial charge is 0.237 e. The number of rotatable bonds is 7. The maximum Gasteiger partial charge on any atom is 0.237 e. The number of carbonyl (C=O) groups is 1. The third-order valence-corrected chi connectivity index (χ3v) is 5.07. The van der Waals surface area contributed by atoms with Crippen LogP contribution in [0.2, 0.25) is 0 Å². The lowest BCUT2D eigenvalue weighted by atomic mass is 10.2. The molecule has 2 heterocycles. The maximum atomic E-state index is 12.6. The number of anilines is 1. The second kappa shape index (κ2) is 8.68. The van der Waals surface area contributed by atoms with Crippen LogP contribution in [0.1, 0.15) is 13.8 Å². The SMILES string of the molecule is CCn1c(S[C@H](C)C(=O)Nc2ccccc2OC)nnc1-c1ccncc1. The number of nitrogens with zero attached hydrogens (tertiary/aromatic N) is 4. The monoisotopic (exact) mass is 383 g/mol. The zero-order chi connectivity index (χ0) is 19.2. The Labute approximate surface area is 162 Å². The molecule has 140 valence electrons. The molecule has 1 N–H and O–H groups in total. The Kier molecular flexibility index (Phi) is 6.08. The van der Waals surface area contributed by atoms with Crippen molar-refractivity contribution in [2.24, 2.45) is 0 Å². The van der Waals surface area contributed by atoms with Gasteiger partial charge in [0, 0.05) is 24.5 Å². The summed E-state index contributed by atoms with van der Waals surface area (Å²) in [5, 5.41) is 11.8. The predicted molar refractivity (Wildman–Crippen MR) is 106 cm³/mol. The Hall–Kier alpha value is -2.87. The van der Waals surface area contributed by atoms with Gasteiger partial charge in [0.2, 0.25) is 5.91 Å². The molecular weight excluding hydrogens is 362 g/mol. The number of pyridine rings is 1. The average molecular weight is 383 g/mol. The third kappa shape index (κ3) is 4.28. The highest BCUT2D eigenvalue weighted by molar-refractivity contribution is 8.00. The summed E-state index contributed by atoms with van der Waals surface area (Å²) in [4.78, 5) is 16.6. The number of aromatic nitrogens is 4. The zero-order valence-electron chi connectivity index (χ0n) is 15.4. The molecule has 7 nitrogen and oxygen atoms in total. The molecule has 0 bridgehead atoms. The van der Waals surface area contributed by atoms with Crippen LogP contribution in [0.15, 0.2) is 53.9 Å². The molecule has 8 heteroatoms. The molecule has 0 unspecified atom stereocenters. The first kappa shape index (κ1) is 18.9. The molecule has 0 fully saturated rings. The fourth-order valence-electron chi connectivity index (χ4n) is 2.57. The highest BCUT2D eigenvalue weighted by Crippen LogP contribution is 2.28. The molecule has 0 aliphatic heterocycles. The minimum absolute atomic E-state index is 0.124. The number of thioether (sulfide) groups is 1. The summed E-state index contributed by atoms with van der Waals surface area (Å²) < 4.78 is 7.27. The average Bonchev–Trinajstić information content (AvgIpc) is 3.11. The van der Waals surface area contributed by atoms with Crippen LogP contribution >= 0.6 is 11.8 Å². The second-order valence-corrected chi connectivity index (χ2v) is 7.04. The molecule has 27 heavy (non-hydrogen) atoms. The Morgan fingerprint density at radius 3 is 2.67 bits per heavy atom. The molecule has 0 aliphatic carbocycles. The van der Waals surface area contributed by atoms with E-state index in [0.29, 0.717) is 23.1 Å². The standard InChI is InChI=1S/C19H21N5O2S/c1-4-24-17(14-9-11-20-12-10-14)22-23-19(24)27-13(2)18(25)21-15-7-5-6-8-16(15)26-3/h5-13H,4H2,1-3H3,(H,21,25)/t13-/m1/s1. The molecule has 1 aromatic carbocycles. The number of methoxy groups -OCH3 is 1. The van der Waals surface area contributed by atoms with E-state index in [1.807, 2.05) is 54.8 Å². The van der Waals surface area contributed by atoms with Crippen molar-refractivity contribution in [3.05, 3.63) is 48.8 Å². The lowest BCUT2D eigenvalue weighted by Gasteiger charge is -2.14. The van der Waals surface area contributed by atoms with E-state index in [-0.39, 0.29) is 11.2 Å². The highest BCUT2D eigenvalue weighted by atomic mass is 32.2. The summed E-state index contributed by atoms with van der Waals surface area (Å²) in [6.45, 7) is 4.57. The van der Waals surface area contributed by atoms with Crippen LogP contribution in [0.4, 0.5) is 5.69 Å². The van der Waals surface area contributed by atoms with Crippen LogP contribution in [0.3, 0.4) is 0 Å². The van der Waals surface area contributed by atoms with E-state index in [2.05, 4.69) is 20.5 Å². The predicted octanol–water partition coefficient (Wildman–Crippen LogP) is 3.49. The summed E-state index contributed by atoms with van der Waals surface area (Å²) in [6.07, 6.45) is 3.44. The Balaban J connectivity index is 1.75. The highest BCUT2D eigenvalue weighted by Gasteiger charge is 2.21. The number of nitrogens with one attached hydrogen (secondary N) is 1. The van der Waals surface area contributed by atoms with Crippen molar-refractivity contribution in [2.75, 3.05) is 12.4 Å².